The van der Waals surface area contributed by atoms with E-state index in [2.05, 4.69) is 15.5 Å². The highest BCUT2D eigenvalue weighted by Crippen LogP contribution is 2.23. The smallest absolute Gasteiger partial charge is 0.271 e. The number of carbonyl (C=O) groups is 1. The average Bonchev–Trinajstić information content (AvgIpc) is 2.62. The molecule has 3 aromatic rings. The zero-order valence-corrected chi connectivity index (χ0v) is 14.7. The number of amides is 1. The van der Waals surface area contributed by atoms with E-state index >= 15 is 0 Å². The fourth-order valence-corrected chi connectivity index (χ4v) is 2.50. The largest absolute Gasteiger partial charge is 0.497 e. The number of fused-ring (bicyclic) bond motifs is 1. The van der Waals surface area contributed by atoms with Crippen LogP contribution in [0.4, 0.5) is 0 Å². The lowest BCUT2D eigenvalue weighted by molar-refractivity contribution is 0.0955. The van der Waals surface area contributed by atoms with Gasteiger partial charge >= 0.3 is 0 Å². The second kappa shape index (κ2) is 7.51. The molecule has 126 valence electrons. The lowest BCUT2D eigenvalue weighted by Crippen LogP contribution is -2.17. The van der Waals surface area contributed by atoms with Crippen LogP contribution in [0.3, 0.4) is 0 Å². The topological polar surface area (TPSA) is 63.6 Å². The van der Waals surface area contributed by atoms with E-state index in [9.17, 15) is 4.79 Å². The van der Waals surface area contributed by atoms with Crippen molar-refractivity contribution in [1.82, 2.24) is 10.4 Å². The molecule has 0 aliphatic carbocycles. The van der Waals surface area contributed by atoms with Crippen molar-refractivity contribution in [3.63, 3.8) is 0 Å². The van der Waals surface area contributed by atoms with Crippen molar-refractivity contribution < 1.29 is 9.53 Å². The van der Waals surface area contributed by atoms with Crippen LogP contribution in [-0.4, -0.2) is 24.2 Å². The van der Waals surface area contributed by atoms with E-state index in [0.29, 0.717) is 27.4 Å². The third-order valence-electron chi connectivity index (χ3n) is 3.48. The molecule has 3 rings (SSSR count). The molecule has 0 saturated heterocycles. The summed E-state index contributed by atoms with van der Waals surface area (Å²) in [5, 5.41) is 5.66. The van der Waals surface area contributed by atoms with Crippen LogP contribution in [0.2, 0.25) is 10.2 Å². The highest BCUT2D eigenvalue weighted by molar-refractivity contribution is 6.32. The van der Waals surface area contributed by atoms with Gasteiger partial charge < -0.3 is 4.74 Å². The molecule has 5 nitrogen and oxygen atoms in total. The van der Waals surface area contributed by atoms with Gasteiger partial charge in [-0.25, -0.2) is 10.4 Å². The maximum atomic E-state index is 12.0. The normalized spacial score (nSPS) is 11.0. The Kier molecular flexibility index (Phi) is 5.16. The molecule has 0 bridgehead atoms. The summed E-state index contributed by atoms with van der Waals surface area (Å²) < 4.78 is 5.17. The zero-order chi connectivity index (χ0) is 17.8. The maximum absolute atomic E-state index is 12.0. The summed E-state index contributed by atoms with van der Waals surface area (Å²) in [7, 11) is 1.59. The van der Waals surface area contributed by atoms with Crippen molar-refractivity contribution in [3.8, 4) is 5.75 Å². The summed E-state index contributed by atoms with van der Waals surface area (Å²) in [4.78, 5) is 16.3. The first-order chi connectivity index (χ1) is 12.1. The molecular weight excluding hydrogens is 361 g/mol. The van der Waals surface area contributed by atoms with Crippen LogP contribution in [0.5, 0.6) is 5.75 Å². The highest BCUT2D eigenvalue weighted by Gasteiger charge is 2.06. The van der Waals surface area contributed by atoms with Gasteiger partial charge in [0.2, 0.25) is 0 Å². The minimum Gasteiger partial charge on any atom is -0.497 e. The lowest BCUT2D eigenvalue weighted by atomic mass is 10.1. The number of pyridine rings is 1. The van der Waals surface area contributed by atoms with Crippen LogP contribution in [0.15, 0.2) is 53.6 Å². The Balaban J connectivity index is 1.77. The molecule has 0 radical (unpaired) electrons. The summed E-state index contributed by atoms with van der Waals surface area (Å²) >= 11 is 12.0. The van der Waals surface area contributed by atoms with E-state index in [1.54, 1.807) is 37.4 Å². The van der Waals surface area contributed by atoms with Crippen molar-refractivity contribution in [2.45, 2.75) is 0 Å². The van der Waals surface area contributed by atoms with Gasteiger partial charge in [0.25, 0.3) is 5.91 Å². The van der Waals surface area contributed by atoms with Gasteiger partial charge in [0, 0.05) is 27.6 Å². The average molecular weight is 374 g/mol. The van der Waals surface area contributed by atoms with E-state index in [-0.39, 0.29) is 11.1 Å². The molecule has 0 saturated carbocycles. The number of halogens is 2. The van der Waals surface area contributed by atoms with E-state index in [1.807, 2.05) is 18.2 Å². The molecule has 0 aliphatic rings. The molecular formula is C18H13Cl2N3O2. The Morgan fingerprint density at radius 1 is 1.16 bits per heavy atom. The summed E-state index contributed by atoms with van der Waals surface area (Å²) in [6, 6.07) is 13.8. The molecule has 1 amide bonds. The third-order valence-corrected chi connectivity index (χ3v) is 4.04. The van der Waals surface area contributed by atoms with Crippen LogP contribution >= 0.6 is 23.2 Å². The molecule has 0 aliphatic heterocycles. The number of hydrazone groups is 1. The number of rotatable bonds is 4. The van der Waals surface area contributed by atoms with Gasteiger partial charge in [-0.2, -0.15) is 5.10 Å². The van der Waals surface area contributed by atoms with Crippen LogP contribution in [0.1, 0.15) is 15.9 Å². The minimum absolute atomic E-state index is 0.283. The van der Waals surface area contributed by atoms with Crippen molar-refractivity contribution in [2.75, 3.05) is 7.11 Å². The fraction of sp³-hybridized carbons (Fsp3) is 0.0556. The van der Waals surface area contributed by atoms with Crippen molar-refractivity contribution in [2.24, 2.45) is 5.10 Å². The van der Waals surface area contributed by atoms with E-state index in [1.165, 1.54) is 6.21 Å². The van der Waals surface area contributed by atoms with Crippen LogP contribution in [-0.2, 0) is 0 Å². The second-order valence-electron chi connectivity index (χ2n) is 5.13. The lowest BCUT2D eigenvalue weighted by Gasteiger charge is -2.05. The first-order valence-corrected chi connectivity index (χ1v) is 8.05. The summed E-state index contributed by atoms with van der Waals surface area (Å²) in [5.74, 6) is 0.357. The van der Waals surface area contributed by atoms with Crippen LogP contribution in [0.25, 0.3) is 10.9 Å². The van der Waals surface area contributed by atoms with E-state index in [4.69, 9.17) is 27.9 Å². The number of nitrogens with zero attached hydrogens (tertiary/aromatic N) is 2. The van der Waals surface area contributed by atoms with Crippen molar-refractivity contribution in [3.05, 3.63) is 69.8 Å². The predicted octanol–water partition coefficient (Wildman–Crippen LogP) is 4.31. The van der Waals surface area contributed by atoms with Crippen molar-refractivity contribution in [1.29, 1.82) is 0 Å². The Morgan fingerprint density at radius 2 is 1.92 bits per heavy atom. The van der Waals surface area contributed by atoms with Crippen molar-refractivity contribution >= 4 is 46.2 Å². The molecule has 0 atom stereocenters. The molecule has 1 aromatic heterocycles. The van der Waals surface area contributed by atoms with Gasteiger partial charge in [0.05, 0.1) is 18.8 Å². The number of carbonyl (C=O) groups excluding carboxylic acids is 1. The molecule has 2 aromatic carbocycles. The molecule has 0 unspecified atom stereocenters. The summed E-state index contributed by atoms with van der Waals surface area (Å²) in [6.07, 6.45) is 1.45. The SMILES string of the molecule is COc1ccc2cc(/C=N\NC(=O)c3ccc(Cl)cc3)c(Cl)nc2c1. The second-order valence-corrected chi connectivity index (χ2v) is 5.93. The molecule has 1 heterocycles. The maximum Gasteiger partial charge on any atom is 0.271 e. The van der Waals surface area contributed by atoms with Gasteiger partial charge in [0.1, 0.15) is 10.9 Å². The standard InChI is InChI=1S/C18H13Cl2N3O2/c1-25-15-7-4-12-8-13(17(20)22-16(12)9-15)10-21-23-18(24)11-2-5-14(19)6-3-11/h2-10H,1H3,(H,23,24)/b21-10-. The van der Waals surface area contributed by atoms with Gasteiger partial charge in [-0.3, -0.25) is 4.79 Å². The summed E-state index contributed by atoms with van der Waals surface area (Å²) in [6.45, 7) is 0. The number of nitrogens with one attached hydrogen (secondary N) is 1. The molecule has 0 fully saturated rings. The van der Waals surface area contributed by atoms with Gasteiger partial charge in [-0.1, -0.05) is 23.2 Å². The number of ether oxygens (including phenoxy) is 1. The number of aromatic nitrogens is 1. The Morgan fingerprint density at radius 3 is 2.64 bits per heavy atom. The number of methoxy groups -OCH3 is 1. The first kappa shape index (κ1) is 17.2. The quantitative estimate of drug-likeness (QED) is 0.420. The molecule has 7 heteroatoms. The number of hydrogen-bond acceptors (Lipinski definition) is 4. The van der Waals surface area contributed by atoms with Gasteiger partial charge in [-0.05, 0) is 42.5 Å². The van der Waals surface area contributed by atoms with E-state index in [0.717, 1.165) is 5.39 Å². The minimum atomic E-state index is -0.345. The third kappa shape index (κ3) is 4.07. The molecule has 0 spiro atoms. The Bertz CT molecular complexity index is 956. The molecule has 1 N–H and O–H groups in total. The number of benzene rings is 2. The monoisotopic (exact) mass is 373 g/mol. The summed E-state index contributed by atoms with van der Waals surface area (Å²) in [5.41, 5.74) is 4.20. The predicted molar refractivity (Wildman–Crippen MR) is 99.8 cm³/mol. The Hall–Kier alpha value is -2.63. The van der Waals surface area contributed by atoms with Gasteiger partial charge in [-0.15, -0.1) is 0 Å². The molecule has 25 heavy (non-hydrogen) atoms. The van der Waals surface area contributed by atoms with Crippen LogP contribution < -0.4 is 10.2 Å². The van der Waals surface area contributed by atoms with Crippen LogP contribution in [0, 0.1) is 0 Å². The van der Waals surface area contributed by atoms with Gasteiger partial charge in [0.15, 0.2) is 0 Å². The van der Waals surface area contributed by atoms with E-state index < -0.39 is 0 Å². The Labute approximate surface area is 154 Å². The number of hydrogen-bond donors (Lipinski definition) is 1. The fourth-order valence-electron chi connectivity index (χ4n) is 2.18. The highest BCUT2D eigenvalue weighted by atomic mass is 35.5. The first-order valence-electron chi connectivity index (χ1n) is 7.30. The zero-order valence-electron chi connectivity index (χ0n) is 13.2.